The van der Waals surface area contributed by atoms with Crippen LogP contribution in [0.4, 0.5) is 0 Å². The van der Waals surface area contributed by atoms with Gasteiger partial charge in [0, 0.05) is 65.4 Å². The van der Waals surface area contributed by atoms with Crippen LogP contribution >= 0.6 is 0 Å². The molecule has 0 spiro atoms. The molecule has 1 aliphatic rings. The van der Waals surface area contributed by atoms with E-state index in [0.717, 1.165) is 0 Å². The molecular formula is C10H20AcO5. The molecule has 0 saturated carbocycles. The maximum Gasteiger partial charge on any atom is 0.114 e. The molecule has 1 radical (unpaired) electrons. The van der Waals surface area contributed by atoms with Gasteiger partial charge in [-0.05, 0) is 6.92 Å². The molecule has 5 atom stereocenters. The minimum atomic E-state index is -0.360. The van der Waals surface area contributed by atoms with E-state index in [1.54, 1.807) is 21.3 Å². The molecule has 16 heavy (non-hydrogen) atoms. The quantitative estimate of drug-likeness (QED) is 0.648. The number of aliphatic hydroxyl groups is 1. The van der Waals surface area contributed by atoms with Crippen molar-refractivity contribution in [2.75, 3.05) is 27.9 Å². The summed E-state index contributed by atoms with van der Waals surface area (Å²) in [5, 5.41) is 9.18. The second-order valence-corrected chi connectivity index (χ2v) is 3.66. The zero-order chi connectivity index (χ0) is 11.4. The van der Waals surface area contributed by atoms with Crippen molar-refractivity contribution in [2.45, 2.75) is 37.4 Å². The van der Waals surface area contributed by atoms with E-state index >= 15 is 0 Å². The third kappa shape index (κ3) is 3.62. The maximum absolute atomic E-state index is 9.18. The molecule has 1 fully saturated rings. The van der Waals surface area contributed by atoms with E-state index in [1.807, 2.05) is 6.92 Å². The Hall–Kier alpha value is 1.24. The summed E-state index contributed by atoms with van der Waals surface area (Å²) < 4.78 is 21.6. The van der Waals surface area contributed by atoms with Crippen LogP contribution in [0.3, 0.4) is 0 Å². The summed E-state index contributed by atoms with van der Waals surface area (Å²) in [6.07, 6.45) is -1.19. The minimum Gasteiger partial charge on any atom is -0.394 e. The fraction of sp³-hybridized carbons (Fsp3) is 1.00. The molecule has 0 amide bonds. The third-order valence-corrected chi connectivity index (χ3v) is 2.86. The summed E-state index contributed by atoms with van der Waals surface area (Å²) in [6.45, 7) is 1.81. The summed E-state index contributed by atoms with van der Waals surface area (Å²) in [5.41, 5.74) is 0. The van der Waals surface area contributed by atoms with E-state index in [2.05, 4.69) is 0 Å². The van der Waals surface area contributed by atoms with E-state index in [9.17, 15) is 5.11 Å². The van der Waals surface area contributed by atoms with Gasteiger partial charge in [0.1, 0.15) is 24.4 Å². The first-order valence-electron chi connectivity index (χ1n) is 5.04. The second-order valence-electron chi connectivity index (χ2n) is 3.66. The number of hydrogen-bond acceptors (Lipinski definition) is 5. The molecule has 4 unspecified atom stereocenters. The van der Waals surface area contributed by atoms with E-state index in [1.165, 1.54) is 0 Å². The van der Waals surface area contributed by atoms with Gasteiger partial charge in [-0.1, -0.05) is 0 Å². The number of hydrogen-bond donors (Lipinski definition) is 1. The Bertz CT molecular complexity index is 192. The normalized spacial score (nSPS) is 39.2. The van der Waals surface area contributed by atoms with E-state index < -0.39 is 0 Å². The predicted molar refractivity (Wildman–Crippen MR) is 53.8 cm³/mol. The molecule has 0 aromatic carbocycles. The van der Waals surface area contributed by atoms with Crippen molar-refractivity contribution in [3.05, 3.63) is 0 Å². The van der Waals surface area contributed by atoms with Crippen molar-refractivity contribution >= 4 is 0 Å². The second kappa shape index (κ2) is 8.36. The van der Waals surface area contributed by atoms with E-state index in [4.69, 9.17) is 18.9 Å². The molecule has 0 bridgehead atoms. The van der Waals surface area contributed by atoms with Gasteiger partial charge >= 0.3 is 0 Å². The van der Waals surface area contributed by atoms with Gasteiger partial charge in [0.2, 0.25) is 0 Å². The van der Waals surface area contributed by atoms with E-state index in [-0.39, 0.29) is 81.2 Å². The summed E-state index contributed by atoms with van der Waals surface area (Å²) in [4.78, 5) is 0. The van der Waals surface area contributed by atoms with E-state index in [0.29, 0.717) is 0 Å². The van der Waals surface area contributed by atoms with Crippen LogP contribution in [-0.4, -0.2) is 63.6 Å². The third-order valence-electron chi connectivity index (χ3n) is 2.86. The van der Waals surface area contributed by atoms with Crippen molar-refractivity contribution < 1.29 is 68.1 Å². The van der Waals surface area contributed by atoms with Gasteiger partial charge in [0.15, 0.2) is 0 Å². The Morgan fingerprint density at radius 2 is 1.50 bits per heavy atom. The first-order chi connectivity index (χ1) is 7.19. The zero-order valence-corrected chi connectivity index (χ0v) is 15.0. The van der Waals surface area contributed by atoms with Gasteiger partial charge in [-0.3, -0.25) is 0 Å². The summed E-state index contributed by atoms with van der Waals surface area (Å²) in [6, 6.07) is 0. The van der Waals surface area contributed by atoms with Crippen LogP contribution in [0.2, 0.25) is 0 Å². The van der Waals surface area contributed by atoms with Gasteiger partial charge < -0.3 is 24.1 Å². The Kier molecular flexibility index (Phi) is 9.01. The molecular weight excluding hydrogens is 427 g/mol. The van der Waals surface area contributed by atoms with Crippen molar-refractivity contribution in [2.24, 2.45) is 0 Å². The van der Waals surface area contributed by atoms with Crippen LogP contribution in [-0.2, 0) is 18.9 Å². The molecule has 1 aliphatic heterocycles. The minimum absolute atomic E-state index is 0. The Morgan fingerprint density at radius 1 is 1.00 bits per heavy atom. The summed E-state index contributed by atoms with van der Waals surface area (Å²) in [7, 11) is 4.79. The molecule has 1 N–H and O–H groups in total. The van der Waals surface area contributed by atoms with Gasteiger partial charge in [-0.25, -0.2) is 0 Å². The number of rotatable bonds is 4. The molecule has 1 heterocycles. The molecule has 1 rings (SSSR count). The molecule has 5 nitrogen and oxygen atoms in total. The van der Waals surface area contributed by atoms with Crippen molar-refractivity contribution in [3.8, 4) is 0 Å². The Morgan fingerprint density at radius 3 is 1.88 bits per heavy atom. The summed E-state index contributed by atoms with van der Waals surface area (Å²) >= 11 is 0. The molecule has 93 valence electrons. The zero-order valence-electron chi connectivity index (χ0n) is 10.3. The van der Waals surface area contributed by atoms with Crippen LogP contribution in [0.25, 0.3) is 0 Å². The van der Waals surface area contributed by atoms with Gasteiger partial charge in [-0.2, -0.15) is 0 Å². The number of aliphatic hydroxyl groups excluding tert-OH is 1. The van der Waals surface area contributed by atoms with Crippen LogP contribution in [0, 0.1) is 44.1 Å². The average Bonchev–Trinajstić information content (AvgIpc) is 2.27. The Labute approximate surface area is 132 Å². The van der Waals surface area contributed by atoms with Crippen molar-refractivity contribution in [1.29, 1.82) is 0 Å². The number of ether oxygens (including phenoxy) is 4. The van der Waals surface area contributed by atoms with Crippen LogP contribution in [0.5, 0.6) is 0 Å². The van der Waals surface area contributed by atoms with Crippen molar-refractivity contribution in [3.63, 3.8) is 0 Å². The molecule has 1 saturated heterocycles. The van der Waals surface area contributed by atoms with Crippen molar-refractivity contribution in [1.82, 2.24) is 0 Å². The van der Waals surface area contributed by atoms with Crippen LogP contribution < -0.4 is 0 Å². The van der Waals surface area contributed by atoms with Crippen LogP contribution in [0.1, 0.15) is 6.92 Å². The Balaban J connectivity index is 0.00000225. The largest absolute Gasteiger partial charge is 0.394 e. The summed E-state index contributed by atoms with van der Waals surface area (Å²) in [5.74, 6) is 0. The van der Waals surface area contributed by atoms with Gasteiger partial charge in [-0.15, -0.1) is 0 Å². The number of methoxy groups -OCH3 is 3. The first-order valence-corrected chi connectivity index (χ1v) is 5.04. The van der Waals surface area contributed by atoms with Crippen LogP contribution in [0.15, 0.2) is 0 Å². The standard InChI is InChI=1S/C10H20O5.Ac/c1-6-8(12-2)10(14-4)9(13-3)7(5-11)15-6;/h6-11H,5H2,1-4H3;/t6?,7?,8?,9-,10?;/m0./s1. The fourth-order valence-electron chi connectivity index (χ4n) is 2.12. The average molecular weight is 447 g/mol. The predicted octanol–water partition coefficient (Wildman–Crippen LogP) is -0.189. The molecule has 0 aliphatic carbocycles. The first kappa shape index (κ1) is 17.2. The SMILES string of the molecule is COC1C(C)OC(CO)[C@H](OC)C1OC.[Ac]. The smallest absolute Gasteiger partial charge is 0.114 e. The fourth-order valence-corrected chi connectivity index (χ4v) is 2.12. The topological polar surface area (TPSA) is 57.2 Å². The molecule has 0 aromatic heterocycles. The monoisotopic (exact) mass is 447 g/mol. The molecule has 0 aromatic rings. The van der Waals surface area contributed by atoms with Gasteiger partial charge in [0.25, 0.3) is 0 Å². The van der Waals surface area contributed by atoms with Gasteiger partial charge in [0.05, 0.1) is 12.7 Å². The molecule has 6 heteroatoms. The maximum atomic E-state index is 9.18.